The van der Waals surface area contributed by atoms with Gasteiger partial charge in [0, 0.05) is 23.7 Å². The maximum absolute atomic E-state index is 12.7. The molecular formula is C22H20N4O4. The molecule has 4 aromatic rings. The van der Waals surface area contributed by atoms with E-state index < -0.39 is 11.9 Å². The van der Waals surface area contributed by atoms with Crippen molar-refractivity contribution in [2.75, 3.05) is 14.2 Å². The molecule has 2 aromatic heterocycles. The van der Waals surface area contributed by atoms with Crippen LogP contribution in [0.1, 0.15) is 26.5 Å². The number of hydrogen-bond acceptors (Lipinski definition) is 6. The van der Waals surface area contributed by atoms with Crippen molar-refractivity contribution in [1.29, 1.82) is 0 Å². The van der Waals surface area contributed by atoms with Crippen molar-refractivity contribution in [3.05, 3.63) is 65.5 Å². The summed E-state index contributed by atoms with van der Waals surface area (Å²) in [5.41, 5.74) is 3.40. The maximum atomic E-state index is 12.7. The Labute approximate surface area is 172 Å². The molecule has 4 rings (SSSR count). The second kappa shape index (κ2) is 7.47. The molecule has 0 spiro atoms. The normalized spacial score (nSPS) is 10.9. The molecule has 2 aromatic carbocycles. The van der Waals surface area contributed by atoms with Gasteiger partial charge in [0.25, 0.3) is 0 Å². The fourth-order valence-corrected chi connectivity index (χ4v) is 3.44. The van der Waals surface area contributed by atoms with Crippen LogP contribution >= 0.6 is 0 Å². The molecule has 0 atom stereocenters. The average molecular weight is 404 g/mol. The first kappa shape index (κ1) is 19.4. The molecule has 0 radical (unpaired) electrons. The topological polar surface area (TPSA) is 88.2 Å². The highest BCUT2D eigenvalue weighted by Crippen LogP contribution is 2.31. The van der Waals surface area contributed by atoms with Crippen LogP contribution in [0.25, 0.3) is 27.8 Å². The number of fused-ring (bicyclic) bond motifs is 1. The Hall–Kier alpha value is -3.94. The fraction of sp³-hybridized carbons (Fsp3) is 0.182. The molecule has 30 heavy (non-hydrogen) atoms. The van der Waals surface area contributed by atoms with Gasteiger partial charge < -0.3 is 9.47 Å². The van der Waals surface area contributed by atoms with E-state index in [0.717, 1.165) is 16.6 Å². The van der Waals surface area contributed by atoms with Gasteiger partial charge in [-0.2, -0.15) is 10.2 Å². The average Bonchev–Trinajstić information content (AvgIpc) is 3.31. The van der Waals surface area contributed by atoms with Gasteiger partial charge in [-0.15, -0.1) is 0 Å². The number of carbonyl (C=O) groups excluding carboxylic acids is 2. The Bertz CT molecular complexity index is 1270. The van der Waals surface area contributed by atoms with Gasteiger partial charge in [0.05, 0.1) is 25.4 Å². The summed E-state index contributed by atoms with van der Waals surface area (Å²) in [6.45, 7) is 1.98. The number of aromatic nitrogens is 4. The molecule has 2 heterocycles. The van der Waals surface area contributed by atoms with Crippen molar-refractivity contribution in [3.63, 3.8) is 0 Å². The third-order valence-electron chi connectivity index (χ3n) is 5.06. The summed E-state index contributed by atoms with van der Waals surface area (Å²) in [4.78, 5) is 25.4. The first-order valence-electron chi connectivity index (χ1n) is 9.25. The lowest BCUT2D eigenvalue weighted by Gasteiger charge is -2.07. The van der Waals surface area contributed by atoms with Gasteiger partial charge in [0.1, 0.15) is 11.3 Å². The molecule has 0 fully saturated rings. The van der Waals surface area contributed by atoms with Crippen molar-refractivity contribution in [1.82, 2.24) is 19.6 Å². The van der Waals surface area contributed by atoms with Gasteiger partial charge in [-0.05, 0) is 25.1 Å². The van der Waals surface area contributed by atoms with Crippen LogP contribution in [0.5, 0.6) is 0 Å². The molecule has 0 N–H and O–H groups in total. The van der Waals surface area contributed by atoms with Crippen molar-refractivity contribution in [3.8, 4) is 16.9 Å². The van der Waals surface area contributed by atoms with E-state index in [9.17, 15) is 9.59 Å². The van der Waals surface area contributed by atoms with Crippen LogP contribution in [0.2, 0.25) is 0 Å². The van der Waals surface area contributed by atoms with E-state index in [4.69, 9.17) is 9.47 Å². The summed E-state index contributed by atoms with van der Waals surface area (Å²) < 4.78 is 13.1. The third kappa shape index (κ3) is 3.02. The van der Waals surface area contributed by atoms with Crippen molar-refractivity contribution < 1.29 is 19.1 Å². The van der Waals surface area contributed by atoms with E-state index in [2.05, 4.69) is 10.2 Å². The molecule has 0 aliphatic rings. The van der Waals surface area contributed by atoms with Crippen LogP contribution in [0, 0.1) is 6.92 Å². The summed E-state index contributed by atoms with van der Waals surface area (Å²) in [6.07, 6.45) is 0. The molecule has 0 saturated heterocycles. The molecule has 0 saturated carbocycles. The number of carbonyl (C=O) groups is 2. The summed E-state index contributed by atoms with van der Waals surface area (Å²) in [6, 6.07) is 14.7. The van der Waals surface area contributed by atoms with Crippen molar-refractivity contribution >= 4 is 22.8 Å². The molecule has 152 valence electrons. The highest BCUT2D eigenvalue weighted by atomic mass is 16.5. The number of esters is 2. The van der Waals surface area contributed by atoms with Crippen LogP contribution in [-0.2, 0) is 16.5 Å². The minimum Gasteiger partial charge on any atom is -0.465 e. The van der Waals surface area contributed by atoms with Gasteiger partial charge >= 0.3 is 11.9 Å². The van der Waals surface area contributed by atoms with E-state index >= 15 is 0 Å². The Morgan fingerprint density at radius 3 is 2.30 bits per heavy atom. The minimum absolute atomic E-state index is 0.00264. The fourth-order valence-electron chi connectivity index (χ4n) is 3.44. The zero-order chi connectivity index (χ0) is 21.4. The van der Waals surface area contributed by atoms with Crippen molar-refractivity contribution in [2.45, 2.75) is 6.92 Å². The summed E-state index contributed by atoms with van der Waals surface area (Å²) >= 11 is 0. The Morgan fingerprint density at radius 1 is 0.933 bits per heavy atom. The number of methoxy groups -OCH3 is 2. The van der Waals surface area contributed by atoms with E-state index in [1.807, 2.05) is 50.4 Å². The standard InChI is InChI=1S/C22H20N4O4/c1-13-16-11-10-14(12-17(16)23-25(13)2)19-18(21(27)29-3)20(22(28)30-4)26(24-19)15-8-6-5-7-9-15/h5-12H,1-4H3. The van der Waals surface area contributed by atoms with Crippen LogP contribution in [0.4, 0.5) is 0 Å². The highest BCUT2D eigenvalue weighted by molar-refractivity contribution is 6.07. The number of nitrogens with zero attached hydrogens (tertiary/aromatic N) is 4. The number of aryl methyl sites for hydroxylation is 2. The predicted octanol–water partition coefficient (Wildman–Crippen LogP) is 3.31. The number of rotatable bonds is 4. The highest BCUT2D eigenvalue weighted by Gasteiger charge is 2.31. The number of benzene rings is 2. The molecule has 0 unspecified atom stereocenters. The van der Waals surface area contributed by atoms with E-state index in [-0.39, 0.29) is 11.3 Å². The van der Waals surface area contributed by atoms with Crippen LogP contribution < -0.4 is 0 Å². The molecule has 8 nitrogen and oxygen atoms in total. The molecule has 8 heteroatoms. The van der Waals surface area contributed by atoms with E-state index in [1.165, 1.54) is 18.9 Å². The number of hydrogen-bond donors (Lipinski definition) is 0. The van der Waals surface area contributed by atoms with Crippen LogP contribution in [0.3, 0.4) is 0 Å². The quantitative estimate of drug-likeness (QED) is 0.485. The zero-order valence-corrected chi connectivity index (χ0v) is 17.0. The lowest BCUT2D eigenvalue weighted by Crippen LogP contribution is -2.15. The number of para-hydroxylation sites is 1. The Morgan fingerprint density at radius 2 is 1.63 bits per heavy atom. The zero-order valence-electron chi connectivity index (χ0n) is 17.0. The summed E-state index contributed by atoms with van der Waals surface area (Å²) in [5, 5.41) is 10.1. The predicted molar refractivity (Wildman–Crippen MR) is 111 cm³/mol. The summed E-state index contributed by atoms with van der Waals surface area (Å²) in [5.74, 6) is -1.36. The third-order valence-corrected chi connectivity index (χ3v) is 5.06. The van der Waals surface area contributed by atoms with Crippen molar-refractivity contribution in [2.24, 2.45) is 7.05 Å². The SMILES string of the molecule is COC(=O)c1c(-c2ccc3c(C)n(C)nc3c2)nn(-c2ccccc2)c1C(=O)OC. The van der Waals surface area contributed by atoms with Gasteiger partial charge in [0.15, 0.2) is 5.69 Å². The maximum Gasteiger partial charge on any atom is 0.357 e. The molecule has 0 aliphatic carbocycles. The van der Waals surface area contributed by atoms with Gasteiger partial charge in [-0.3, -0.25) is 4.68 Å². The minimum atomic E-state index is -0.687. The second-order valence-electron chi connectivity index (χ2n) is 6.74. The van der Waals surface area contributed by atoms with Gasteiger partial charge in [-0.25, -0.2) is 14.3 Å². The monoisotopic (exact) mass is 404 g/mol. The number of ether oxygens (including phenoxy) is 2. The smallest absolute Gasteiger partial charge is 0.357 e. The summed E-state index contributed by atoms with van der Waals surface area (Å²) in [7, 11) is 4.39. The van der Waals surface area contributed by atoms with Crippen LogP contribution in [-0.4, -0.2) is 45.7 Å². The lowest BCUT2D eigenvalue weighted by molar-refractivity contribution is 0.0549. The Balaban J connectivity index is 2.03. The largest absolute Gasteiger partial charge is 0.465 e. The van der Waals surface area contributed by atoms with E-state index in [0.29, 0.717) is 16.9 Å². The van der Waals surface area contributed by atoms with Gasteiger partial charge in [0.2, 0.25) is 0 Å². The van der Waals surface area contributed by atoms with Gasteiger partial charge in [-0.1, -0.05) is 30.3 Å². The lowest BCUT2D eigenvalue weighted by atomic mass is 10.0. The van der Waals surface area contributed by atoms with E-state index in [1.54, 1.807) is 16.8 Å². The first-order valence-corrected chi connectivity index (χ1v) is 9.25. The molecule has 0 bridgehead atoms. The molecule has 0 aliphatic heterocycles. The van der Waals surface area contributed by atoms with Crippen LogP contribution in [0.15, 0.2) is 48.5 Å². The molecule has 0 amide bonds. The molecular weight excluding hydrogens is 384 g/mol. The first-order chi connectivity index (χ1) is 14.5. The second-order valence-corrected chi connectivity index (χ2v) is 6.74. The Kier molecular flexibility index (Phi) is 4.83.